The fraction of sp³-hybridized carbons (Fsp3) is 0.357. The average molecular weight is 455 g/mol. The molecular weight excluding hydrogens is 425 g/mol. The normalized spacial score (nSPS) is 22.8. The Morgan fingerprint density at radius 3 is 1.67 bits per heavy atom. The molecule has 1 heterocycles. The number of epoxide rings is 1. The van der Waals surface area contributed by atoms with Crippen molar-refractivity contribution >= 4 is 0 Å². The van der Waals surface area contributed by atoms with Crippen molar-refractivity contribution in [2.75, 3.05) is 0 Å². The predicted octanol–water partition coefficient (Wildman–Crippen LogP) is 6.82. The highest BCUT2D eigenvalue weighted by Crippen LogP contribution is 2.69. The SMILES string of the molecule is CCCC[C@@]1(C(O)(c2ccccc2)c2ccccc2)O[C@]1(CCc1ccccc1)C(F)(F)F. The van der Waals surface area contributed by atoms with E-state index in [-0.39, 0.29) is 19.3 Å². The summed E-state index contributed by atoms with van der Waals surface area (Å²) in [5.41, 5.74) is -4.63. The van der Waals surface area contributed by atoms with Crippen molar-refractivity contribution in [2.24, 2.45) is 0 Å². The van der Waals surface area contributed by atoms with Crippen LogP contribution >= 0.6 is 0 Å². The Bertz CT molecular complexity index is 998. The van der Waals surface area contributed by atoms with Crippen LogP contribution in [0.15, 0.2) is 91.0 Å². The molecule has 0 spiro atoms. The Balaban J connectivity index is 1.87. The lowest BCUT2D eigenvalue weighted by atomic mass is 9.67. The maximum atomic E-state index is 14.8. The van der Waals surface area contributed by atoms with Gasteiger partial charge in [-0.05, 0) is 36.0 Å². The molecule has 0 bridgehead atoms. The Hall–Kier alpha value is -2.63. The fourth-order valence-electron chi connectivity index (χ4n) is 5.14. The first kappa shape index (κ1) is 23.5. The second-order valence-electron chi connectivity index (χ2n) is 8.79. The first-order valence-corrected chi connectivity index (χ1v) is 11.4. The average Bonchev–Trinajstić information content (AvgIpc) is 3.54. The second-order valence-corrected chi connectivity index (χ2v) is 8.79. The van der Waals surface area contributed by atoms with E-state index >= 15 is 0 Å². The topological polar surface area (TPSA) is 32.8 Å². The molecular formula is C28H29F3O2. The van der Waals surface area contributed by atoms with Crippen LogP contribution in [0.2, 0.25) is 0 Å². The van der Waals surface area contributed by atoms with E-state index in [4.69, 9.17) is 4.74 Å². The standard InChI is InChI=1S/C28H29F3O2/c1-2-3-20-25(26(33-25,28(29,30)31)21-19-22-13-7-4-8-14-22)27(32,23-15-9-5-10-16-23)24-17-11-6-12-18-24/h4-18,32H,2-3,19-21H2,1H3/t25-,26+/m1/s1. The Morgan fingerprint density at radius 2 is 1.21 bits per heavy atom. The first-order chi connectivity index (χ1) is 15.8. The summed E-state index contributed by atoms with van der Waals surface area (Å²) in [7, 11) is 0. The quantitative estimate of drug-likeness (QED) is 0.360. The van der Waals surface area contributed by atoms with Gasteiger partial charge in [0.15, 0.2) is 5.60 Å². The first-order valence-electron chi connectivity index (χ1n) is 11.4. The number of hydrogen-bond donors (Lipinski definition) is 1. The number of halogens is 3. The molecule has 2 nitrogen and oxygen atoms in total. The summed E-state index contributed by atoms with van der Waals surface area (Å²) >= 11 is 0. The zero-order chi connectivity index (χ0) is 23.6. The van der Waals surface area contributed by atoms with Crippen LogP contribution in [0.4, 0.5) is 13.2 Å². The van der Waals surface area contributed by atoms with Gasteiger partial charge in [-0.25, -0.2) is 0 Å². The van der Waals surface area contributed by atoms with Gasteiger partial charge in [0.2, 0.25) is 0 Å². The third-order valence-electron chi connectivity index (χ3n) is 6.88. The van der Waals surface area contributed by atoms with E-state index in [9.17, 15) is 18.3 Å². The van der Waals surface area contributed by atoms with Crippen molar-refractivity contribution in [1.82, 2.24) is 0 Å². The van der Waals surface area contributed by atoms with Crippen LogP contribution in [0.3, 0.4) is 0 Å². The van der Waals surface area contributed by atoms with Crippen LogP contribution < -0.4 is 0 Å². The molecule has 1 aliphatic heterocycles. The van der Waals surface area contributed by atoms with Crippen LogP contribution in [0, 0.1) is 0 Å². The van der Waals surface area contributed by atoms with Crippen LogP contribution in [0.25, 0.3) is 0 Å². The molecule has 33 heavy (non-hydrogen) atoms. The zero-order valence-corrected chi connectivity index (χ0v) is 18.7. The van der Waals surface area contributed by atoms with Gasteiger partial charge < -0.3 is 9.84 Å². The van der Waals surface area contributed by atoms with Gasteiger partial charge in [-0.15, -0.1) is 0 Å². The molecule has 3 aromatic rings. The van der Waals surface area contributed by atoms with E-state index in [2.05, 4.69) is 0 Å². The molecule has 5 heteroatoms. The van der Waals surface area contributed by atoms with Gasteiger partial charge in [-0.2, -0.15) is 13.2 Å². The molecule has 0 unspecified atom stereocenters. The zero-order valence-electron chi connectivity index (χ0n) is 18.7. The smallest absolute Gasteiger partial charge is 0.377 e. The van der Waals surface area contributed by atoms with Gasteiger partial charge in [0, 0.05) is 0 Å². The van der Waals surface area contributed by atoms with Crippen LogP contribution in [0.5, 0.6) is 0 Å². The largest absolute Gasteiger partial charge is 0.420 e. The van der Waals surface area contributed by atoms with Crippen molar-refractivity contribution in [3.05, 3.63) is 108 Å². The number of unbranched alkanes of at least 4 members (excludes halogenated alkanes) is 1. The van der Waals surface area contributed by atoms with E-state index in [1.54, 1.807) is 60.7 Å². The summed E-state index contributed by atoms with van der Waals surface area (Å²) in [6, 6.07) is 26.3. The molecule has 0 aliphatic carbocycles. The second kappa shape index (κ2) is 8.96. The summed E-state index contributed by atoms with van der Waals surface area (Å²) in [6.45, 7) is 1.93. The number of benzene rings is 3. The number of hydrogen-bond acceptors (Lipinski definition) is 2. The molecule has 0 saturated carbocycles. The summed E-state index contributed by atoms with van der Waals surface area (Å²) in [5.74, 6) is 0. The summed E-state index contributed by atoms with van der Waals surface area (Å²) in [6.07, 6.45) is -3.41. The lowest BCUT2D eigenvalue weighted by molar-refractivity contribution is -0.188. The highest BCUT2D eigenvalue weighted by Gasteiger charge is 2.87. The molecule has 1 fully saturated rings. The molecule has 2 atom stereocenters. The van der Waals surface area contributed by atoms with Gasteiger partial charge in [0.25, 0.3) is 0 Å². The van der Waals surface area contributed by atoms with E-state index in [1.807, 2.05) is 37.3 Å². The molecule has 4 rings (SSSR count). The van der Waals surface area contributed by atoms with Gasteiger partial charge in [0.05, 0.1) is 0 Å². The maximum Gasteiger partial charge on any atom is 0.420 e. The van der Waals surface area contributed by atoms with E-state index < -0.39 is 23.0 Å². The summed E-state index contributed by atoms with van der Waals surface area (Å²) < 4.78 is 50.4. The molecule has 0 amide bonds. The van der Waals surface area contributed by atoms with Crippen LogP contribution in [0.1, 0.15) is 49.3 Å². The number of aryl methyl sites for hydroxylation is 1. The monoisotopic (exact) mass is 454 g/mol. The fourth-order valence-corrected chi connectivity index (χ4v) is 5.14. The molecule has 1 saturated heterocycles. The third kappa shape index (κ3) is 3.87. The summed E-state index contributed by atoms with van der Waals surface area (Å²) in [4.78, 5) is 0. The van der Waals surface area contributed by atoms with Crippen molar-refractivity contribution < 1.29 is 23.0 Å². The van der Waals surface area contributed by atoms with E-state index in [0.29, 0.717) is 24.0 Å². The minimum Gasteiger partial charge on any atom is -0.377 e. The Labute approximate surface area is 193 Å². The number of alkyl halides is 3. The molecule has 3 aromatic carbocycles. The minimum absolute atomic E-state index is 0.0953. The number of rotatable bonds is 9. The Kier molecular flexibility index (Phi) is 6.39. The van der Waals surface area contributed by atoms with Crippen molar-refractivity contribution in [2.45, 2.75) is 62.0 Å². The highest BCUT2D eigenvalue weighted by molar-refractivity contribution is 5.46. The van der Waals surface area contributed by atoms with Gasteiger partial charge in [-0.1, -0.05) is 111 Å². The molecule has 1 N–H and O–H groups in total. The maximum absolute atomic E-state index is 14.8. The van der Waals surface area contributed by atoms with E-state index in [0.717, 1.165) is 5.56 Å². The van der Waals surface area contributed by atoms with Crippen molar-refractivity contribution in [3.63, 3.8) is 0 Å². The lowest BCUT2D eigenvalue weighted by Crippen LogP contribution is -2.53. The van der Waals surface area contributed by atoms with Gasteiger partial charge in [0.1, 0.15) is 11.2 Å². The number of aliphatic hydroxyl groups is 1. The molecule has 174 valence electrons. The van der Waals surface area contributed by atoms with Crippen molar-refractivity contribution in [1.29, 1.82) is 0 Å². The molecule has 0 radical (unpaired) electrons. The number of ether oxygens (including phenoxy) is 1. The molecule has 1 aliphatic rings. The van der Waals surface area contributed by atoms with Gasteiger partial charge in [-0.3, -0.25) is 0 Å². The summed E-state index contributed by atoms with van der Waals surface area (Å²) in [5, 5.41) is 12.3. The van der Waals surface area contributed by atoms with E-state index in [1.165, 1.54) is 0 Å². The third-order valence-corrected chi connectivity index (χ3v) is 6.88. The predicted molar refractivity (Wildman–Crippen MR) is 123 cm³/mol. The van der Waals surface area contributed by atoms with Crippen molar-refractivity contribution in [3.8, 4) is 0 Å². The van der Waals surface area contributed by atoms with Crippen LogP contribution in [-0.2, 0) is 16.8 Å². The lowest BCUT2D eigenvalue weighted by Gasteiger charge is -2.38. The highest BCUT2D eigenvalue weighted by atomic mass is 19.4. The van der Waals surface area contributed by atoms with Crippen LogP contribution in [-0.4, -0.2) is 22.5 Å². The minimum atomic E-state index is -4.65. The Morgan fingerprint density at radius 1 is 0.727 bits per heavy atom. The van der Waals surface area contributed by atoms with Gasteiger partial charge >= 0.3 is 6.18 Å². The molecule has 0 aromatic heterocycles.